The number of rotatable bonds is 9. The zero-order valence-corrected chi connectivity index (χ0v) is 22.7. The average molecular weight is 530 g/mol. The molecule has 8 heteroatoms. The van der Waals surface area contributed by atoms with E-state index in [1.54, 1.807) is 43.3 Å². The monoisotopic (exact) mass is 529 g/mol. The van der Waals surface area contributed by atoms with Crippen LogP contribution in [0.1, 0.15) is 58.3 Å². The third-order valence-electron chi connectivity index (χ3n) is 6.71. The van der Waals surface area contributed by atoms with E-state index >= 15 is 0 Å². The Hall–Kier alpha value is -4.33. The molecule has 1 heterocycles. The summed E-state index contributed by atoms with van der Waals surface area (Å²) in [6.45, 7) is 8.30. The van der Waals surface area contributed by atoms with Crippen LogP contribution in [0.25, 0.3) is 0 Å². The van der Waals surface area contributed by atoms with Gasteiger partial charge < -0.3 is 24.6 Å². The van der Waals surface area contributed by atoms with Gasteiger partial charge in [-0.15, -0.1) is 0 Å². The van der Waals surface area contributed by atoms with Crippen molar-refractivity contribution in [1.29, 1.82) is 0 Å². The Morgan fingerprint density at radius 2 is 1.51 bits per heavy atom. The number of nitrogens with zero attached hydrogens (tertiary/aromatic N) is 2. The van der Waals surface area contributed by atoms with Crippen molar-refractivity contribution in [2.45, 2.75) is 33.3 Å². The molecule has 2 amide bonds. The van der Waals surface area contributed by atoms with Gasteiger partial charge in [-0.1, -0.05) is 25.1 Å². The molecule has 0 aliphatic carbocycles. The van der Waals surface area contributed by atoms with Crippen molar-refractivity contribution in [2.75, 3.05) is 43.0 Å². The molecule has 1 saturated heterocycles. The van der Waals surface area contributed by atoms with Crippen LogP contribution in [-0.4, -0.2) is 61.6 Å². The zero-order valence-electron chi connectivity index (χ0n) is 22.7. The van der Waals surface area contributed by atoms with Crippen LogP contribution in [0, 0.1) is 0 Å². The molecule has 204 valence electrons. The van der Waals surface area contributed by atoms with Crippen molar-refractivity contribution in [1.82, 2.24) is 4.90 Å². The van der Waals surface area contributed by atoms with Crippen LogP contribution in [0.15, 0.2) is 72.8 Å². The van der Waals surface area contributed by atoms with Crippen molar-refractivity contribution in [2.24, 2.45) is 0 Å². The summed E-state index contributed by atoms with van der Waals surface area (Å²) >= 11 is 0. The van der Waals surface area contributed by atoms with E-state index < -0.39 is 5.97 Å². The molecule has 1 N–H and O–H groups in total. The molecule has 1 atom stereocenters. The summed E-state index contributed by atoms with van der Waals surface area (Å²) in [5.41, 5.74) is 2.77. The molecule has 39 heavy (non-hydrogen) atoms. The third-order valence-corrected chi connectivity index (χ3v) is 6.71. The molecule has 3 aromatic carbocycles. The van der Waals surface area contributed by atoms with Crippen LogP contribution < -0.4 is 15.0 Å². The molecule has 1 fully saturated rings. The van der Waals surface area contributed by atoms with Crippen molar-refractivity contribution in [3.05, 3.63) is 89.5 Å². The first-order valence-electron chi connectivity index (χ1n) is 13.4. The Balaban J connectivity index is 1.51. The van der Waals surface area contributed by atoms with Crippen molar-refractivity contribution < 1.29 is 23.9 Å². The average Bonchev–Trinajstić information content (AvgIpc) is 2.97. The van der Waals surface area contributed by atoms with Gasteiger partial charge in [0.25, 0.3) is 11.8 Å². The Labute approximate surface area is 229 Å². The molecule has 0 bridgehead atoms. The van der Waals surface area contributed by atoms with Crippen LogP contribution in [0.4, 0.5) is 11.4 Å². The van der Waals surface area contributed by atoms with E-state index in [2.05, 4.69) is 17.1 Å². The lowest BCUT2D eigenvalue weighted by molar-refractivity contribution is 0.0526. The van der Waals surface area contributed by atoms with Crippen LogP contribution in [-0.2, 0) is 4.74 Å². The summed E-state index contributed by atoms with van der Waals surface area (Å²) in [6.07, 6.45) is 0.970. The second-order valence-electron chi connectivity index (χ2n) is 9.41. The minimum absolute atomic E-state index is 0.00203. The van der Waals surface area contributed by atoms with Crippen LogP contribution in [0.5, 0.6) is 5.75 Å². The molecule has 0 saturated carbocycles. The number of carbonyl (C=O) groups excluding carboxylic acids is 3. The molecule has 0 radical (unpaired) electrons. The number of carbonyl (C=O) groups is 3. The molecule has 0 spiro atoms. The number of amides is 2. The summed E-state index contributed by atoms with van der Waals surface area (Å²) < 4.78 is 11.0. The predicted octanol–water partition coefficient (Wildman–Crippen LogP) is 5.26. The largest absolute Gasteiger partial charge is 0.491 e. The topological polar surface area (TPSA) is 88.2 Å². The van der Waals surface area contributed by atoms with Crippen molar-refractivity contribution in [3.63, 3.8) is 0 Å². The van der Waals surface area contributed by atoms with Gasteiger partial charge in [-0.3, -0.25) is 9.59 Å². The van der Waals surface area contributed by atoms with E-state index in [9.17, 15) is 14.4 Å². The maximum atomic E-state index is 13.2. The summed E-state index contributed by atoms with van der Waals surface area (Å²) in [6, 6.07) is 21.4. The van der Waals surface area contributed by atoms with Gasteiger partial charge in [0.05, 0.1) is 29.6 Å². The first-order chi connectivity index (χ1) is 18.9. The lowest BCUT2D eigenvalue weighted by Gasteiger charge is -2.37. The molecule has 1 aliphatic heterocycles. The van der Waals surface area contributed by atoms with Gasteiger partial charge in [-0.2, -0.15) is 0 Å². The molecule has 1 aliphatic rings. The molecule has 1 unspecified atom stereocenters. The lowest BCUT2D eigenvalue weighted by atomic mass is 10.1. The Bertz CT molecular complexity index is 1290. The summed E-state index contributed by atoms with van der Waals surface area (Å²) in [5, 5.41) is 2.98. The van der Waals surface area contributed by atoms with E-state index in [1.165, 1.54) is 0 Å². The standard InChI is InChI=1S/C31H35N3O5/c1-4-22(3)39-26-14-11-23(12-15-26)29(35)32-27-21-25(31(37)38-5-2)13-16-28(27)33-17-19-34(20-18-33)30(36)24-9-7-6-8-10-24/h6-16,21-22H,4-5,17-20H2,1-3H3,(H,32,35). The molecule has 8 nitrogen and oxygen atoms in total. The number of benzene rings is 3. The Morgan fingerprint density at radius 3 is 2.15 bits per heavy atom. The van der Waals surface area contributed by atoms with E-state index in [0.29, 0.717) is 54.3 Å². The number of nitrogens with one attached hydrogen (secondary N) is 1. The van der Waals surface area contributed by atoms with Gasteiger partial charge in [-0.05, 0) is 74.9 Å². The molecule has 0 aromatic heterocycles. The fraction of sp³-hybridized carbons (Fsp3) is 0.323. The summed E-state index contributed by atoms with van der Waals surface area (Å²) in [7, 11) is 0. The number of esters is 1. The van der Waals surface area contributed by atoms with Crippen LogP contribution in [0.2, 0.25) is 0 Å². The Morgan fingerprint density at radius 1 is 0.846 bits per heavy atom. The quantitative estimate of drug-likeness (QED) is 0.381. The van der Waals surface area contributed by atoms with Gasteiger partial charge >= 0.3 is 5.97 Å². The maximum Gasteiger partial charge on any atom is 0.338 e. The number of hydrogen-bond acceptors (Lipinski definition) is 6. The van der Waals surface area contributed by atoms with E-state index in [0.717, 1.165) is 12.1 Å². The number of hydrogen-bond donors (Lipinski definition) is 1. The van der Waals surface area contributed by atoms with E-state index in [4.69, 9.17) is 9.47 Å². The number of anilines is 2. The Kier molecular flexibility index (Phi) is 9.20. The predicted molar refractivity (Wildman–Crippen MR) is 152 cm³/mol. The summed E-state index contributed by atoms with van der Waals surface area (Å²) in [4.78, 5) is 42.5. The van der Waals surface area contributed by atoms with Gasteiger partial charge in [0, 0.05) is 37.3 Å². The highest BCUT2D eigenvalue weighted by molar-refractivity contribution is 6.07. The molecule has 4 rings (SSSR count). The highest BCUT2D eigenvalue weighted by Crippen LogP contribution is 2.30. The van der Waals surface area contributed by atoms with Gasteiger partial charge in [-0.25, -0.2) is 4.79 Å². The normalized spacial score (nSPS) is 13.9. The van der Waals surface area contributed by atoms with Crippen LogP contribution in [0.3, 0.4) is 0 Å². The van der Waals surface area contributed by atoms with E-state index in [1.807, 2.05) is 48.2 Å². The third kappa shape index (κ3) is 6.96. The number of ether oxygens (including phenoxy) is 2. The van der Waals surface area contributed by atoms with Crippen LogP contribution >= 0.6 is 0 Å². The fourth-order valence-corrected chi connectivity index (χ4v) is 4.36. The zero-order chi connectivity index (χ0) is 27.8. The maximum absolute atomic E-state index is 13.2. The number of piperazine rings is 1. The highest BCUT2D eigenvalue weighted by Gasteiger charge is 2.25. The van der Waals surface area contributed by atoms with E-state index in [-0.39, 0.29) is 24.5 Å². The van der Waals surface area contributed by atoms with Gasteiger partial charge in [0.15, 0.2) is 0 Å². The second-order valence-corrected chi connectivity index (χ2v) is 9.41. The molecular weight excluding hydrogens is 494 g/mol. The summed E-state index contributed by atoms with van der Waals surface area (Å²) in [5.74, 6) is -0.0503. The fourth-order valence-electron chi connectivity index (χ4n) is 4.36. The molecule has 3 aromatic rings. The van der Waals surface area contributed by atoms with Gasteiger partial charge in [0.2, 0.25) is 0 Å². The van der Waals surface area contributed by atoms with Crippen molar-refractivity contribution >= 4 is 29.2 Å². The SMILES string of the molecule is CCOC(=O)c1ccc(N2CCN(C(=O)c3ccccc3)CC2)c(NC(=O)c2ccc(OC(C)CC)cc2)c1. The lowest BCUT2D eigenvalue weighted by Crippen LogP contribution is -2.49. The second kappa shape index (κ2) is 13.0. The first-order valence-corrected chi connectivity index (χ1v) is 13.4. The van der Waals surface area contributed by atoms with Crippen molar-refractivity contribution in [3.8, 4) is 5.75 Å². The molecular formula is C31H35N3O5. The first kappa shape index (κ1) is 27.7. The van der Waals surface area contributed by atoms with Gasteiger partial charge in [0.1, 0.15) is 5.75 Å². The smallest absolute Gasteiger partial charge is 0.338 e. The minimum Gasteiger partial charge on any atom is -0.491 e. The highest BCUT2D eigenvalue weighted by atomic mass is 16.5. The minimum atomic E-state index is -0.454.